The molecular weight excluding hydrogens is 414 g/mol. The molecule has 2 aromatic carbocycles. The summed E-state index contributed by atoms with van der Waals surface area (Å²) in [4.78, 5) is 26.3. The third-order valence-electron chi connectivity index (χ3n) is 5.49. The van der Waals surface area contributed by atoms with E-state index >= 15 is 0 Å². The minimum absolute atomic E-state index is 0.0759. The zero-order chi connectivity index (χ0) is 22.6. The van der Waals surface area contributed by atoms with Crippen LogP contribution in [0.5, 0.6) is 0 Å². The third kappa shape index (κ3) is 5.01. The van der Waals surface area contributed by atoms with E-state index in [1.165, 1.54) is 40.4 Å². The number of likely N-dealkylation sites (N-methyl/N-ethyl adjacent to an activating group) is 1. The van der Waals surface area contributed by atoms with Gasteiger partial charge < -0.3 is 4.90 Å². The van der Waals surface area contributed by atoms with Crippen molar-refractivity contribution in [3.63, 3.8) is 0 Å². The Morgan fingerprint density at radius 2 is 1.74 bits per heavy atom. The Morgan fingerprint density at radius 1 is 1.10 bits per heavy atom. The number of sulfonamides is 1. The highest BCUT2D eigenvalue weighted by molar-refractivity contribution is 7.89. The van der Waals surface area contributed by atoms with Crippen LogP contribution in [0.4, 0.5) is 0 Å². The number of nitrogens with zero attached hydrogens (tertiary/aromatic N) is 3. The molecule has 0 saturated carbocycles. The van der Waals surface area contributed by atoms with Gasteiger partial charge in [-0.3, -0.25) is 9.59 Å². The van der Waals surface area contributed by atoms with Crippen LogP contribution in [0.3, 0.4) is 0 Å². The Labute approximate surface area is 182 Å². The van der Waals surface area contributed by atoms with Crippen molar-refractivity contribution in [1.29, 1.82) is 5.26 Å². The Hall–Kier alpha value is -3.02. The number of carbonyl (C=O) groups excluding carboxylic acids is 2. The number of hydrogen-bond donors (Lipinski definition) is 0. The topological polar surface area (TPSA) is 98.6 Å². The number of nitriles is 1. The summed E-state index contributed by atoms with van der Waals surface area (Å²) in [5.74, 6) is -0.396. The van der Waals surface area contributed by atoms with E-state index in [-0.39, 0.29) is 23.1 Å². The molecule has 0 spiro atoms. The normalized spacial score (nSPS) is 17.0. The first-order valence-electron chi connectivity index (χ1n) is 10.1. The number of hydrogen-bond acceptors (Lipinski definition) is 5. The molecule has 2 aromatic rings. The van der Waals surface area contributed by atoms with Gasteiger partial charge in [0.1, 0.15) is 6.04 Å². The van der Waals surface area contributed by atoms with Gasteiger partial charge in [-0.2, -0.15) is 9.57 Å². The standard InChI is InChI=1S/C23H25N3O4S/c1-17(27)20-10-12-21(13-11-20)31(29,30)26-14-4-3-5-22(26)23(28)25(2)16-19-8-6-18(15-24)7-9-19/h6-13,22H,3-5,14,16H2,1-2H3. The summed E-state index contributed by atoms with van der Waals surface area (Å²) in [7, 11) is -2.22. The van der Waals surface area contributed by atoms with Crippen LogP contribution in [-0.2, 0) is 21.4 Å². The summed E-state index contributed by atoms with van der Waals surface area (Å²) in [6.45, 7) is 2.02. The van der Waals surface area contributed by atoms with Crippen LogP contribution in [0.15, 0.2) is 53.4 Å². The Bertz CT molecular complexity index is 1100. The number of benzene rings is 2. The number of Topliss-reactive ketones (excluding diaryl/α,β-unsaturated/α-hetero) is 1. The molecule has 0 aromatic heterocycles. The molecule has 31 heavy (non-hydrogen) atoms. The predicted octanol–water partition coefficient (Wildman–Crippen LogP) is 2.96. The Morgan fingerprint density at radius 3 is 2.32 bits per heavy atom. The molecule has 1 aliphatic rings. The number of piperidine rings is 1. The molecule has 1 saturated heterocycles. The zero-order valence-corrected chi connectivity index (χ0v) is 18.4. The maximum absolute atomic E-state index is 13.3. The summed E-state index contributed by atoms with van der Waals surface area (Å²) in [6.07, 6.45) is 1.92. The zero-order valence-electron chi connectivity index (χ0n) is 17.6. The van der Waals surface area contributed by atoms with Crippen LogP contribution < -0.4 is 0 Å². The molecule has 1 heterocycles. The first-order valence-corrected chi connectivity index (χ1v) is 11.5. The van der Waals surface area contributed by atoms with Gasteiger partial charge in [-0.05, 0) is 49.6 Å². The average Bonchev–Trinajstić information content (AvgIpc) is 2.79. The Kier molecular flexibility index (Phi) is 6.88. The van der Waals surface area contributed by atoms with E-state index in [0.717, 1.165) is 12.0 Å². The number of rotatable bonds is 6. The van der Waals surface area contributed by atoms with Crippen molar-refractivity contribution >= 4 is 21.7 Å². The van der Waals surface area contributed by atoms with E-state index in [4.69, 9.17) is 5.26 Å². The minimum Gasteiger partial charge on any atom is -0.340 e. The third-order valence-corrected chi connectivity index (χ3v) is 7.41. The minimum atomic E-state index is -3.88. The summed E-state index contributed by atoms with van der Waals surface area (Å²) in [5, 5.41) is 8.92. The summed E-state index contributed by atoms with van der Waals surface area (Å²) in [6, 6.07) is 14.1. The molecule has 7 nitrogen and oxygen atoms in total. The fraction of sp³-hybridized carbons (Fsp3) is 0.348. The summed E-state index contributed by atoms with van der Waals surface area (Å²) < 4.78 is 27.8. The largest absolute Gasteiger partial charge is 0.340 e. The van der Waals surface area contributed by atoms with E-state index in [9.17, 15) is 18.0 Å². The highest BCUT2D eigenvalue weighted by Gasteiger charge is 2.38. The number of ketones is 1. The number of amides is 1. The highest BCUT2D eigenvalue weighted by atomic mass is 32.2. The predicted molar refractivity (Wildman–Crippen MR) is 116 cm³/mol. The maximum Gasteiger partial charge on any atom is 0.243 e. The van der Waals surface area contributed by atoms with Crippen molar-refractivity contribution in [2.75, 3.05) is 13.6 Å². The van der Waals surface area contributed by atoms with Gasteiger partial charge >= 0.3 is 0 Å². The lowest BCUT2D eigenvalue weighted by molar-refractivity contribution is -0.135. The maximum atomic E-state index is 13.3. The molecule has 1 aliphatic heterocycles. The lowest BCUT2D eigenvalue weighted by Crippen LogP contribution is -2.52. The lowest BCUT2D eigenvalue weighted by atomic mass is 10.0. The van der Waals surface area contributed by atoms with Crippen LogP contribution in [-0.4, -0.2) is 48.9 Å². The van der Waals surface area contributed by atoms with Gasteiger partial charge in [-0.25, -0.2) is 8.42 Å². The monoisotopic (exact) mass is 439 g/mol. The molecule has 0 N–H and O–H groups in total. The van der Waals surface area contributed by atoms with Crippen LogP contribution in [0.25, 0.3) is 0 Å². The molecule has 1 amide bonds. The molecule has 0 bridgehead atoms. The average molecular weight is 440 g/mol. The van der Waals surface area contributed by atoms with E-state index in [0.29, 0.717) is 30.5 Å². The van der Waals surface area contributed by atoms with Gasteiger partial charge in [-0.1, -0.05) is 30.7 Å². The lowest BCUT2D eigenvalue weighted by Gasteiger charge is -2.35. The Balaban J connectivity index is 1.80. The van der Waals surface area contributed by atoms with Crippen molar-refractivity contribution in [2.24, 2.45) is 0 Å². The number of carbonyl (C=O) groups is 2. The van der Waals surface area contributed by atoms with Gasteiger partial charge in [0.05, 0.1) is 16.5 Å². The molecular formula is C23H25N3O4S. The fourth-order valence-corrected chi connectivity index (χ4v) is 5.38. The van der Waals surface area contributed by atoms with Gasteiger partial charge in [0, 0.05) is 25.7 Å². The quantitative estimate of drug-likeness (QED) is 0.645. The second kappa shape index (κ2) is 9.41. The fourth-order valence-electron chi connectivity index (χ4n) is 3.73. The molecule has 1 fully saturated rings. The first-order chi connectivity index (χ1) is 14.7. The van der Waals surface area contributed by atoms with Gasteiger partial charge in [0.15, 0.2) is 5.78 Å². The van der Waals surface area contributed by atoms with Crippen molar-refractivity contribution in [3.05, 3.63) is 65.2 Å². The second-order valence-corrected chi connectivity index (χ2v) is 9.60. The second-order valence-electron chi connectivity index (χ2n) is 7.71. The summed E-state index contributed by atoms with van der Waals surface area (Å²) >= 11 is 0. The molecule has 3 rings (SSSR count). The summed E-state index contributed by atoms with van der Waals surface area (Å²) in [5.41, 5.74) is 1.84. The van der Waals surface area contributed by atoms with Crippen LogP contribution in [0.2, 0.25) is 0 Å². The van der Waals surface area contributed by atoms with Gasteiger partial charge in [-0.15, -0.1) is 0 Å². The molecule has 162 valence electrons. The molecule has 0 aliphatic carbocycles. The van der Waals surface area contributed by atoms with E-state index in [1.54, 1.807) is 31.3 Å². The van der Waals surface area contributed by atoms with Crippen LogP contribution in [0, 0.1) is 11.3 Å². The molecule has 0 radical (unpaired) electrons. The van der Waals surface area contributed by atoms with E-state index in [1.807, 2.05) is 0 Å². The van der Waals surface area contributed by atoms with Crippen molar-refractivity contribution in [3.8, 4) is 6.07 Å². The molecule has 1 unspecified atom stereocenters. The van der Waals surface area contributed by atoms with E-state index in [2.05, 4.69) is 6.07 Å². The SMILES string of the molecule is CC(=O)c1ccc(S(=O)(=O)N2CCCCC2C(=O)N(C)Cc2ccc(C#N)cc2)cc1. The van der Waals surface area contributed by atoms with E-state index < -0.39 is 16.1 Å². The van der Waals surface area contributed by atoms with Crippen molar-refractivity contribution in [1.82, 2.24) is 9.21 Å². The van der Waals surface area contributed by atoms with Crippen LogP contribution in [0.1, 0.15) is 47.7 Å². The van der Waals surface area contributed by atoms with Crippen molar-refractivity contribution < 1.29 is 18.0 Å². The van der Waals surface area contributed by atoms with Crippen LogP contribution >= 0.6 is 0 Å². The molecule has 8 heteroatoms. The highest BCUT2D eigenvalue weighted by Crippen LogP contribution is 2.27. The van der Waals surface area contributed by atoms with Gasteiger partial charge in [0.25, 0.3) is 0 Å². The smallest absolute Gasteiger partial charge is 0.243 e. The molecule has 1 atom stereocenters. The first kappa shape index (κ1) is 22.7. The van der Waals surface area contributed by atoms with Gasteiger partial charge in [0.2, 0.25) is 15.9 Å². The van der Waals surface area contributed by atoms with Crippen molar-refractivity contribution in [2.45, 2.75) is 43.7 Å².